The Bertz CT molecular complexity index is 564. The van der Waals surface area contributed by atoms with Crippen molar-refractivity contribution in [3.8, 4) is 0 Å². The molecule has 250 valence electrons. The van der Waals surface area contributed by atoms with Gasteiger partial charge in [-0.15, -0.1) is 0 Å². The van der Waals surface area contributed by atoms with Gasteiger partial charge in [-0.3, -0.25) is 9.59 Å². The maximum Gasteiger partial charge on any atom is 0.305 e. The number of Topliss-reactive ketones (excluding diaryl/α,β-unsaturated/α-hetero) is 1. The van der Waals surface area contributed by atoms with Crippen molar-refractivity contribution in [3.05, 3.63) is 0 Å². The lowest BCUT2D eigenvalue weighted by Gasteiger charge is -2.08. The van der Waals surface area contributed by atoms with Gasteiger partial charge < -0.3 is 14.9 Å². The van der Waals surface area contributed by atoms with Crippen molar-refractivity contribution in [2.45, 2.75) is 212 Å². The highest BCUT2D eigenvalue weighted by atomic mass is 16.5. The SMILES string of the molecule is CCCCCCCCCCCCCCCC(=O)CCCCCCCCCCCCCCCCCC(=O)OCC(O)CO. The molecule has 0 aliphatic rings. The van der Waals surface area contributed by atoms with Crippen LogP contribution in [0.1, 0.15) is 206 Å². The summed E-state index contributed by atoms with van der Waals surface area (Å²) in [5, 5.41) is 17.9. The van der Waals surface area contributed by atoms with E-state index >= 15 is 0 Å². The monoisotopic (exact) mass is 597 g/mol. The molecule has 0 fully saturated rings. The molecule has 0 bridgehead atoms. The second-order valence-electron chi connectivity index (χ2n) is 12.9. The van der Waals surface area contributed by atoms with Crippen molar-refractivity contribution < 1.29 is 24.5 Å². The molecule has 0 saturated carbocycles. The van der Waals surface area contributed by atoms with Crippen molar-refractivity contribution >= 4 is 11.8 Å². The summed E-state index contributed by atoms with van der Waals surface area (Å²) < 4.78 is 4.90. The van der Waals surface area contributed by atoms with E-state index < -0.39 is 6.10 Å². The first kappa shape index (κ1) is 41.1. The number of hydrogen-bond donors (Lipinski definition) is 2. The fourth-order valence-electron chi connectivity index (χ4n) is 5.67. The molecule has 1 unspecified atom stereocenters. The third kappa shape index (κ3) is 33.6. The average Bonchev–Trinajstić information content (AvgIpc) is 2.99. The molecule has 2 N–H and O–H groups in total. The minimum atomic E-state index is -0.967. The Balaban J connectivity index is 3.20. The molecule has 1 atom stereocenters. The van der Waals surface area contributed by atoms with Gasteiger partial charge in [0.15, 0.2) is 0 Å². The van der Waals surface area contributed by atoms with E-state index in [1.54, 1.807) is 0 Å². The lowest BCUT2D eigenvalue weighted by molar-refractivity contribution is -0.147. The predicted molar refractivity (Wildman–Crippen MR) is 178 cm³/mol. The molecule has 0 aromatic carbocycles. The first-order valence-corrected chi connectivity index (χ1v) is 18.6. The Morgan fingerprint density at radius 1 is 0.476 bits per heavy atom. The van der Waals surface area contributed by atoms with Crippen LogP contribution in [0.3, 0.4) is 0 Å². The van der Waals surface area contributed by atoms with E-state index in [0.29, 0.717) is 12.2 Å². The second kappa shape index (κ2) is 34.5. The summed E-state index contributed by atoms with van der Waals surface area (Å²) in [6.07, 6.45) is 37.3. The molecule has 5 nitrogen and oxygen atoms in total. The normalized spacial score (nSPS) is 12.1. The van der Waals surface area contributed by atoms with E-state index in [4.69, 9.17) is 14.9 Å². The van der Waals surface area contributed by atoms with Gasteiger partial charge in [0.1, 0.15) is 18.5 Å². The van der Waals surface area contributed by atoms with Crippen LogP contribution in [-0.2, 0) is 14.3 Å². The van der Waals surface area contributed by atoms with E-state index in [2.05, 4.69) is 6.92 Å². The molecule has 5 heteroatoms. The summed E-state index contributed by atoms with van der Waals surface area (Å²) in [5.41, 5.74) is 0. The van der Waals surface area contributed by atoms with E-state index in [0.717, 1.165) is 44.9 Å². The zero-order valence-electron chi connectivity index (χ0n) is 28.0. The first-order chi connectivity index (χ1) is 20.6. The number of aliphatic hydroxyl groups excluding tert-OH is 2. The number of ketones is 1. The number of carbonyl (C=O) groups excluding carboxylic acids is 2. The smallest absolute Gasteiger partial charge is 0.305 e. The zero-order chi connectivity index (χ0) is 30.8. The fraction of sp³-hybridized carbons (Fsp3) is 0.946. The number of unbranched alkanes of at least 4 members (excludes halogenated alkanes) is 26. The molecule has 42 heavy (non-hydrogen) atoms. The molecular weight excluding hydrogens is 524 g/mol. The van der Waals surface area contributed by atoms with Crippen molar-refractivity contribution in [2.24, 2.45) is 0 Å². The van der Waals surface area contributed by atoms with Gasteiger partial charge in [0.05, 0.1) is 6.61 Å². The molecule has 0 aliphatic heterocycles. The van der Waals surface area contributed by atoms with Crippen LogP contribution >= 0.6 is 0 Å². The quantitative estimate of drug-likeness (QED) is 0.0561. The third-order valence-corrected chi connectivity index (χ3v) is 8.54. The van der Waals surface area contributed by atoms with Gasteiger partial charge in [0.2, 0.25) is 0 Å². The average molecular weight is 597 g/mol. The van der Waals surface area contributed by atoms with Gasteiger partial charge in [-0.25, -0.2) is 0 Å². The maximum atomic E-state index is 12.1. The van der Waals surface area contributed by atoms with E-state index in [1.165, 1.54) is 148 Å². The van der Waals surface area contributed by atoms with Gasteiger partial charge >= 0.3 is 5.97 Å². The van der Waals surface area contributed by atoms with E-state index in [1.807, 2.05) is 0 Å². The van der Waals surface area contributed by atoms with Crippen LogP contribution in [0.15, 0.2) is 0 Å². The van der Waals surface area contributed by atoms with Gasteiger partial charge in [-0.05, 0) is 19.3 Å². The van der Waals surface area contributed by atoms with Gasteiger partial charge in [-0.2, -0.15) is 0 Å². The third-order valence-electron chi connectivity index (χ3n) is 8.54. The van der Waals surface area contributed by atoms with Crippen LogP contribution in [0.5, 0.6) is 0 Å². The van der Waals surface area contributed by atoms with Crippen LogP contribution in [-0.4, -0.2) is 41.3 Å². The van der Waals surface area contributed by atoms with Crippen LogP contribution in [0.2, 0.25) is 0 Å². The zero-order valence-corrected chi connectivity index (χ0v) is 28.0. The molecule has 0 radical (unpaired) electrons. The Morgan fingerprint density at radius 3 is 1.07 bits per heavy atom. The number of aliphatic hydroxyl groups is 2. The van der Waals surface area contributed by atoms with Gasteiger partial charge in [-0.1, -0.05) is 167 Å². The molecule has 0 aromatic rings. The predicted octanol–water partition coefficient (Wildman–Crippen LogP) is 10.6. The lowest BCUT2D eigenvalue weighted by Crippen LogP contribution is -2.21. The molecular formula is C37H72O5. The van der Waals surface area contributed by atoms with E-state index in [9.17, 15) is 9.59 Å². The molecule has 0 spiro atoms. The molecule has 0 rings (SSSR count). The molecule has 0 aromatic heterocycles. The standard InChI is InChI=1S/C37H72O5/c1-2-3-4-5-6-7-8-12-15-18-21-24-27-30-35(39)31-28-25-22-19-16-13-10-9-11-14-17-20-23-26-29-32-37(41)42-34-36(40)33-38/h36,38,40H,2-34H2,1H3. The first-order valence-electron chi connectivity index (χ1n) is 18.6. The number of rotatable bonds is 35. The topological polar surface area (TPSA) is 83.8 Å². The molecule has 0 aliphatic carbocycles. The van der Waals surface area contributed by atoms with Gasteiger partial charge in [0, 0.05) is 19.3 Å². The van der Waals surface area contributed by atoms with Crippen molar-refractivity contribution in [1.29, 1.82) is 0 Å². The lowest BCUT2D eigenvalue weighted by atomic mass is 10.0. The number of hydrogen-bond acceptors (Lipinski definition) is 5. The number of carbonyl (C=O) groups is 2. The summed E-state index contributed by atoms with van der Waals surface area (Å²) in [6, 6.07) is 0. The summed E-state index contributed by atoms with van der Waals surface area (Å²) in [5.74, 6) is 0.211. The van der Waals surface area contributed by atoms with Crippen molar-refractivity contribution in [3.63, 3.8) is 0 Å². The van der Waals surface area contributed by atoms with Gasteiger partial charge in [0.25, 0.3) is 0 Å². The van der Waals surface area contributed by atoms with Crippen molar-refractivity contribution in [2.75, 3.05) is 13.2 Å². The summed E-state index contributed by atoms with van der Waals surface area (Å²) in [6.45, 7) is 1.79. The summed E-state index contributed by atoms with van der Waals surface area (Å²) in [4.78, 5) is 23.6. The van der Waals surface area contributed by atoms with Crippen LogP contribution in [0, 0.1) is 0 Å². The highest BCUT2D eigenvalue weighted by molar-refractivity contribution is 5.78. The van der Waals surface area contributed by atoms with Crippen LogP contribution in [0.25, 0.3) is 0 Å². The van der Waals surface area contributed by atoms with Crippen molar-refractivity contribution in [1.82, 2.24) is 0 Å². The molecule has 0 saturated heterocycles. The largest absolute Gasteiger partial charge is 0.463 e. The Morgan fingerprint density at radius 2 is 0.762 bits per heavy atom. The van der Waals surface area contributed by atoms with Crippen LogP contribution in [0.4, 0.5) is 0 Å². The number of ether oxygens (including phenoxy) is 1. The Kier molecular flexibility index (Phi) is 33.8. The molecule has 0 amide bonds. The minimum Gasteiger partial charge on any atom is -0.463 e. The highest BCUT2D eigenvalue weighted by Gasteiger charge is 2.07. The van der Waals surface area contributed by atoms with Crippen LogP contribution < -0.4 is 0 Å². The summed E-state index contributed by atoms with van der Waals surface area (Å²) in [7, 11) is 0. The minimum absolute atomic E-state index is 0.114. The summed E-state index contributed by atoms with van der Waals surface area (Å²) >= 11 is 0. The Hall–Kier alpha value is -0.940. The Labute approximate surface area is 261 Å². The highest BCUT2D eigenvalue weighted by Crippen LogP contribution is 2.16. The maximum absolute atomic E-state index is 12.1. The number of esters is 1. The fourth-order valence-corrected chi connectivity index (χ4v) is 5.67. The second-order valence-corrected chi connectivity index (χ2v) is 12.9. The van der Waals surface area contributed by atoms with E-state index in [-0.39, 0.29) is 19.2 Å². The molecule has 0 heterocycles.